The quantitative estimate of drug-likeness (QED) is 0.854. The van der Waals surface area contributed by atoms with Gasteiger partial charge in [0.2, 0.25) is 0 Å². The van der Waals surface area contributed by atoms with Gasteiger partial charge in [0, 0.05) is 13.6 Å². The van der Waals surface area contributed by atoms with E-state index in [1.54, 1.807) is 7.05 Å². The van der Waals surface area contributed by atoms with Crippen molar-refractivity contribution in [1.82, 2.24) is 15.1 Å². The number of aromatic nitrogens is 2. The predicted molar refractivity (Wildman–Crippen MR) is 71.1 cm³/mol. The molecule has 1 aromatic rings. The van der Waals surface area contributed by atoms with Gasteiger partial charge in [-0.15, -0.1) is 0 Å². The van der Waals surface area contributed by atoms with Gasteiger partial charge in [0.1, 0.15) is 11.4 Å². The average Bonchev–Trinajstić information content (AvgIpc) is 2.71. The van der Waals surface area contributed by atoms with Gasteiger partial charge in [-0.1, -0.05) is 32.1 Å². The van der Waals surface area contributed by atoms with Gasteiger partial charge < -0.3 is 11.1 Å². The molecule has 1 aliphatic carbocycles. The Labute approximate surface area is 108 Å². The van der Waals surface area contributed by atoms with Crippen LogP contribution in [-0.4, -0.2) is 22.2 Å². The van der Waals surface area contributed by atoms with Crippen LogP contribution in [0.3, 0.4) is 0 Å². The summed E-state index contributed by atoms with van der Waals surface area (Å²) in [7, 11) is 1.73. The number of amides is 1. The summed E-state index contributed by atoms with van der Waals surface area (Å²) < 4.78 is 1.51. The summed E-state index contributed by atoms with van der Waals surface area (Å²) in [6.45, 7) is 0.734. The van der Waals surface area contributed by atoms with Crippen LogP contribution in [0, 0.1) is 5.92 Å². The molecule has 2 rings (SSSR count). The van der Waals surface area contributed by atoms with Gasteiger partial charge in [0.15, 0.2) is 0 Å². The topological polar surface area (TPSA) is 72.9 Å². The van der Waals surface area contributed by atoms with Crippen LogP contribution in [0.5, 0.6) is 0 Å². The highest BCUT2D eigenvalue weighted by Crippen LogP contribution is 2.25. The molecule has 0 aliphatic heterocycles. The maximum absolute atomic E-state index is 11.9. The number of nitrogens with zero attached hydrogens (tertiary/aromatic N) is 2. The molecular weight excluding hydrogens is 228 g/mol. The lowest BCUT2D eigenvalue weighted by Crippen LogP contribution is -2.27. The zero-order valence-electron chi connectivity index (χ0n) is 11.0. The largest absolute Gasteiger partial charge is 0.383 e. The highest BCUT2D eigenvalue weighted by molar-refractivity contribution is 5.98. The van der Waals surface area contributed by atoms with Gasteiger partial charge in [0.05, 0.1) is 6.20 Å². The van der Waals surface area contributed by atoms with E-state index in [1.165, 1.54) is 43.0 Å². The fourth-order valence-corrected chi connectivity index (χ4v) is 2.58. The second-order valence-corrected chi connectivity index (χ2v) is 5.12. The molecule has 100 valence electrons. The zero-order chi connectivity index (χ0) is 13.0. The number of anilines is 1. The SMILES string of the molecule is Cn1ncc(C(=O)NCCC2CCCCC2)c1N. The smallest absolute Gasteiger partial charge is 0.256 e. The first-order valence-corrected chi connectivity index (χ1v) is 6.74. The minimum atomic E-state index is -0.114. The van der Waals surface area contributed by atoms with E-state index in [-0.39, 0.29) is 5.91 Å². The number of aryl methyl sites for hydroxylation is 1. The van der Waals surface area contributed by atoms with Gasteiger partial charge in [-0.05, 0) is 12.3 Å². The lowest BCUT2D eigenvalue weighted by molar-refractivity contribution is 0.0951. The molecule has 0 radical (unpaired) electrons. The van der Waals surface area contributed by atoms with Gasteiger partial charge in [-0.3, -0.25) is 9.48 Å². The molecule has 0 saturated heterocycles. The third-order valence-corrected chi connectivity index (χ3v) is 3.79. The van der Waals surface area contributed by atoms with E-state index in [2.05, 4.69) is 10.4 Å². The summed E-state index contributed by atoms with van der Waals surface area (Å²) in [5, 5.41) is 6.89. The molecule has 3 N–H and O–H groups in total. The van der Waals surface area contributed by atoms with Crippen LogP contribution < -0.4 is 11.1 Å². The summed E-state index contributed by atoms with van der Waals surface area (Å²) in [4.78, 5) is 11.9. The van der Waals surface area contributed by atoms with E-state index >= 15 is 0 Å². The molecule has 5 heteroatoms. The molecule has 5 nitrogen and oxygen atoms in total. The van der Waals surface area contributed by atoms with Crippen molar-refractivity contribution in [3.8, 4) is 0 Å². The van der Waals surface area contributed by atoms with Crippen LogP contribution in [0.25, 0.3) is 0 Å². The Balaban J connectivity index is 1.76. The van der Waals surface area contributed by atoms with Crippen LogP contribution in [0.2, 0.25) is 0 Å². The first kappa shape index (κ1) is 12.9. The van der Waals surface area contributed by atoms with Crippen molar-refractivity contribution in [2.75, 3.05) is 12.3 Å². The Morgan fingerprint density at radius 2 is 2.22 bits per heavy atom. The van der Waals surface area contributed by atoms with Crippen molar-refractivity contribution < 1.29 is 4.79 Å². The summed E-state index contributed by atoms with van der Waals surface area (Å²) in [5.41, 5.74) is 6.23. The number of nitrogens with one attached hydrogen (secondary N) is 1. The van der Waals surface area contributed by atoms with Crippen LogP contribution in [0.1, 0.15) is 48.9 Å². The van der Waals surface area contributed by atoms with E-state index in [9.17, 15) is 4.79 Å². The molecule has 0 spiro atoms. The maximum Gasteiger partial charge on any atom is 0.256 e. The van der Waals surface area contributed by atoms with Gasteiger partial charge in [-0.25, -0.2) is 0 Å². The molecule has 1 aliphatic rings. The maximum atomic E-state index is 11.9. The van der Waals surface area contributed by atoms with Crippen molar-refractivity contribution in [3.63, 3.8) is 0 Å². The predicted octanol–water partition coefficient (Wildman–Crippen LogP) is 1.70. The molecule has 1 fully saturated rings. The molecule has 1 heterocycles. The van der Waals surface area contributed by atoms with Crippen LogP contribution >= 0.6 is 0 Å². The van der Waals surface area contributed by atoms with E-state index in [0.717, 1.165) is 18.9 Å². The lowest BCUT2D eigenvalue weighted by atomic mass is 9.87. The highest BCUT2D eigenvalue weighted by atomic mass is 16.1. The molecular formula is C13H22N4O. The fourth-order valence-electron chi connectivity index (χ4n) is 2.58. The fraction of sp³-hybridized carbons (Fsp3) is 0.692. The van der Waals surface area contributed by atoms with E-state index < -0.39 is 0 Å². The number of carbonyl (C=O) groups is 1. The second kappa shape index (κ2) is 5.89. The van der Waals surface area contributed by atoms with Crippen LogP contribution in [-0.2, 0) is 7.05 Å². The van der Waals surface area contributed by atoms with Crippen LogP contribution in [0.15, 0.2) is 6.20 Å². The minimum absolute atomic E-state index is 0.114. The number of hydrogen-bond acceptors (Lipinski definition) is 3. The van der Waals surface area contributed by atoms with Gasteiger partial charge >= 0.3 is 0 Å². The molecule has 1 amide bonds. The van der Waals surface area contributed by atoms with Crippen molar-refractivity contribution >= 4 is 11.7 Å². The Hall–Kier alpha value is -1.52. The highest BCUT2D eigenvalue weighted by Gasteiger charge is 2.15. The normalized spacial score (nSPS) is 16.7. The second-order valence-electron chi connectivity index (χ2n) is 5.12. The Morgan fingerprint density at radius 3 is 2.83 bits per heavy atom. The standard InChI is InChI=1S/C13H22N4O/c1-17-12(14)11(9-16-17)13(18)15-8-7-10-5-3-2-4-6-10/h9-10H,2-8,14H2,1H3,(H,15,18). The lowest BCUT2D eigenvalue weighted by Gasteiger charge is -2.21. The number of nitrogen functional groups attached to an aromatic ring is 1. The third-order valence-electron chi connectivity index (χ3n) is 3.79. The molecule has 1 saturated carbocycles. The number of carbonyl (C=O) groups excluding carboxylic acids is 1. The Kier molecular flexibility index (Phi) is 4.23. The molecule has 0 unspecified atom stereocenters. The van der Waals surface area contributed by atoms with E-state index in [1.807, 2.05) is 0 Å². The Morgan fingerprint density at radius 1 is 1.50 bits per heavy atom. The molecule has 0 bridgehead atoms. The number of hydrogen-bond donors (Lipinski definition) is 2. The summed E-state index contributed by atoms with van der Waals surface area (Å²) >= 11 is 0. The molecule has 1 aromatic heterocycles. The molecule has 0 atom stereocenters. The first-order valence-electron chi connectivity index (χ1n) is 6.74. The zero-order valence-corrected chi connectivity index (χ0v) is 11.0. The van der Waals surface area contributed by atoms with Crippen LogP contribution in [0.4, 0.5) is 5.82 Å². The van der Waals surface area contributed by atoms with E-state index in [0.29, 0.717) is 11.4 Å². The van der Waals surface area contributed by atoms with Gasteiger partial charge in [-0.2, -0.15) is 5.10 Å². The summed E-state index contributed by atoms with van der Waals surface area (Å²) in [6.07, 6.45) is 9.27. The molecule has 0 aromatic carbocycles. The van der Waals surface area contributed by atoms with Crippen molar-refractivity contribution in [1.29, 1.82) is 0 Å². The van der Waals surface area contributed by atoms with Crippen molar-refractivity contribution in [2.24, 2.45) is 13.0 Å². The summed E-state index contributed by atoms with van der Waals surface area (Å²) in [6, 6.07) is 0. The minimum Gasteiger partial charge on any atom is -0.383 e. The number of nitrogens with two attached hydrogens (primary N) is 1. The third kappa shape index (κ3) is 3.03. The monoisotopic (exact) mass is 250 g/mol. The van der Waals surface area contributed by atoms with E-state index in [4.69, 9.17) is 5.73 Å². The average molecular weight is 250 g/mol. The Bertz CT molecular complexity index is 407. The van der Waals surface area contributed by atoms with Gasteiger partial charge in [0.25, 0.3) is 5.91 Å². The van der Waals surface area contributed by atoms with Crippen molar-refractivity contribution in [3.05, 3.63) is 11.8 Å². The summed E-state index contributed by atoms with van der Waals surface area (Å²) in [5.74, 6) is 1.09. The first-order chi connectivity index (χ1) is 8.68. The molecule has 18 heavy (non-hydrogen) atoms. The van der Waals surface area contributed by atoms with Crippen molar-refractivity contribution in [2.45, 2.75) is 38.5 Å². The number of rotatable bonds is 4.